The van der Waals surface area contributed by atoms with Crippen molar-refractivity contribution in [2.45, 2.75) is 213 Å². The number of hydrogen-bond acceptors (Lipinski definition) is 13. The quantitative estimate of drug-likeness (QED) is 0.0451. The summed E-state index contributed by atoms with van der Waals surface area (Å²) in [6, 6.07) is 2.72. The molecule has 0 bridgehead atoms. The molecule has 13 nitrogen and oxygen atoms in total. The van der Waals surface area contributed by atoms with Crippen molar-refractivity contribution < 1.29 is 40.5 Å². The molecule has 0 aromatic carbocycles. The molecule has 4 unspecified atom stereocenters. The summed E-state index contributed by atoms with van der Waals surface area (Å²) in [5.41, 5.74) is 13.5. The Balaban J connectivity index is 2.29. The van der Waals surface area contributed by atoms with Gasteiger partial charge in [-0.3, -0.25) is 0 Å². The van der Waals surface area contributed by atoms with E-state index in [4.69, 9.17) is 51.9 Å². The van der Waals surface area contributed by atoms with Gasteiger partial charge >= 0.3 is 17.6 Å². The summed E-state index contributed by atoms with van der Waals surface area (Å²) in [7, 11) is -10.0. The number of nitrogens with zero attached hydrogens (tertiary/aromatic N) is 2. The highest BCUT2D eigenvalue weighted by atomic mass is 28.4. The maximum atomic E-state index is 7.46. The molecule has 2 aliphatic heterocycles. The van der Waals surface area contributed by atoms with Crippen LogP contribution in [-0.4, -0.2) is 141 Å². The van der Waals surface area contributed by atoms with Crippen molar-refractivity contribution in [2.75, 3.05) is 85.6 Å². The highest BCUT2D eigenvalue weighted by Gasteiger charge is 2.58. The molecule has 1 aliphatic carbocycles. The fraction of sp³-hybridized carbons (Fsp3) is 1.00. The smallest absolute Gasteiger partial charge is 0.403 e. The lowest BCUT2D eigenvalue weighted by Gasteiger charge is -2.53. The van der Waals surface area contributed by atoms with Gasteiger partial charge in [-0.1, -0.05) is 26.1 Å². The van der Waals surface area contributed by atoms with Gasteiger partial charge in [-0.05, 0) is 188 Å². The zero-order valence-electron chi connectivity index (χ0n) is 44.3. The molecular weight excluding hydrogens is 889 g/mol. The zero-order valence-corrected chi connectivity index (χ0v) is 48.3. The summed E-state index contributed by atoms with van der Waals surface area (Å²) in [4.78, 5) is 2.70. The second-order valence-electron chi connectivity index (χ2n) is 20.1. The predicted molar refractivity (Wildman–Crippen MR) is 276 cm³/mol. The van der Waals surface area contributed by atoms with E-state index in [0.29, 0.717) is 64.3 Å². The van der Waals surface area contributed by atoms with E-state index in [2.05, 4.69) is 91.1 Å². The Hall–Kier alpha value is 0.348. The third-order valence-corrected chi connectivity index (χ3v) is 31.2. The Morgan fingerprint density at radius 1 is 0.646 bits per heavy atom. The van der Waals surface area contributed by atoms with E-state index in [-0.39, 0.29) is 11.0 Å². The van der Waals surface area contributed by atoms with Crippen LogP contribution in [0.25, 0.3) is 0 Å². The molecule has 4 atom stereocenters. The third kappa shape index (κ3) is 15.9. The van der Waals surface area contributed by atoms with E-state index in [9.17, 15) is 0 Å². The lowest BCUT2D eigenvalue weighted by atomic mass is 9.67. The first-order valence-electron chi connectivity index (χ1n) is 26.9. The molecule has 0 spiro atoms. The first-order valence-corrected chi connectivity index (χ1v) is 36.3. The molecule has 386 valence electrons. The maximum Gasteiger partial charge on any atom is 0.500 e. The van der Waals surface area contributed by atoms with Gasteiger partial charge in [0.05, 0.1) is 0 Å². The summed E-state index contributed by atoms with van der Waals surface area (Å²) < 4.78 is 63.3. The van der Waals surface area contributed by atoms with Gasteiger partial charge in [0.1, 0.15) is 8.24 Å². The molecule has 3 aliphatic rings. The Bertz CT molecular complexity index is 1220. The Morgan fingerprint density at radius 3 is 1.63 bits per heavy atom. The topological polar surface area (TPSA) is 142 Å². The SMILES string of the molecule is CCOC1(OCC)CCCN1C(CCC[Si](OCC)(OCC)OCC)(CCC[Si](OCC)(OCC)OCC)CCC(CCC1(CN)CCCC(CN)C1)[Si]1(OCC)CCCN1[Si](C)(C)C. The monoisotopic (exact) mass is 993 g/mol. The summed E-state index contributed by atoms with van der Waals surface area (Å²) in [5, 5.41) is 0. The Labute approximate surface area is 404 Å². The summed E-state index contributed by atoms with van der Waals surface area (Å²) in [6.45, 7) is 35.3. The Morgan fingerprint density at radius 2 is 1.18 bits per heavy atom. The van der Waals surface area contributed by atoms with Crippen LogP contribution < -0.4 is 11.5 Å². The van der Waals surface area contributed by atoms with Crippen LogP contribution in [0, 0.1) is 11.3 Å². The molecule has 2 heterocycles. The van der Waals surface area contributed by atoms with E-state index < -0.39 is 40.2 Å². The Kier molecular flexibility index (Phi) is 26.6. The molecule has 2 saturated heterocycles. The number of likely N-dealkylation sites (tertiary alicyclic amines) is 1. The number of nitrogens with two attached hydrogens (primary N) is 2. The van der Waals surface area contributed by atoms with Crippen LogP contribution in [0.2, 0.25) is 43.3 Å². The molecule has 0 aromatic rings. The fourth-order valence-corrected chi connectivity index (χ4v) is 28.9. The lowest BCUT2D eigenvalue weighted by molar-refractivity contribution is -0.323. The first kappa shape index (κ1) is 59.7. The molecule has 3 fully saturated rings. The average Bonchev–Trinajstić information content (AvgIpc) is 3.90. The molecule has 0 aromatic heterocycles. The zero-order chi connectivity index (χ0) is 48.1. The van der Waals surface area contributed by atoms with Crippen molar-refractivity contribution in [3.05, 3.63) is 0 Å². The van der Waals surface area contributed by atoms with Crippen LogP contribution in [0.15, 0.2) is 0 Å². The van der Waals surface area contributed by atoms with E-state index in [1.165, 1.54) is 31.7 Å². The van der Waals surface area contributed by atoms with Crippen LogP contribution in [0.1, 0.15) is 159 Å². The number of ether oxygens (including phenoxy) is 2. The van der Waals surface area contributed by atoms with Gasteiger partial charge in [0, 0.05) is 90.1 Å². The van der Waals surface area contributed by atoms with Crippen molar-refractivity contribution in [3.63, 3.8) is 0 Å². The molecule has 0 amide bonds. The van der Waals surface area contributed by atoms with Crippen LogP contribution in [-0.2, 0) is 40.5 Å². The minimum atomic E-state index is -2.94. The minimum Gasteiger partial charge on any atom is -0.403 e. The molecule has 1 saturated carbocycles. The maximum absolute atomic E-state index is 7.46. The van der Waals surface area contributed by atoms with Gasteiger partial charge in [-0.2, -0.15) is 0 Å². The number of rotatable bonds is 37. The predicted octanol–water partition coefficient (Wildman–Crippen LogP) is 10.2. The molecule has 65 heavy (non-hydrogen) atoms. The molecular formula is C48H104N4O9Si4. The minimum absolute atomic E-state index is 0.133. The van der Waals surface area contributed by atoms with Gasteiger partial charge < -0.3 is 56.2 Å². The van der Waals surface area contributed by atoms with Gasteiger partial charge in [-0.15, -0.1) is 0 Å². The first-order chi connectivity index (χ1) is 31.2. The normalized spacial score (nSPS) is 24.4. The van der Waals surface area contributed by atoms with Gasteiger partial charge in [0.25, 0.3) is 8.48 Å². The van der Waals surface area contributed by atoms with E-state index in [1.807, 2.05) is 0 Å². The van der Waals surface area contributed by atoms with Crippen molar-refractivity contribution in [1.82, 2.24) is 9.13 Å². The van der Waals surface area contributed by atoms with Crippen molar-refractivity contribution in [3.8, 4) is 0 Å². The molecule has 4 N–H and O–H groups in total. The molecule has 0 radical (unpaired) electrons. The fourth-order valence-electron chi connectivity index (χ4n) is 12.7. The second kappa shape index (κ2) is 29.0. The standard InChI is InChI=1S/C48H104N4O9Si4/c1-13-53-48(54-14-2)33-23-36-51(48)47(31-24-39-64(56-16-4,57-17-5)58-18-6,32-25-40-65(59-19-7,60-20-8)61-21-9)35-29-45(28-34-46(43-50)30-22-27-44(41-46)42-49)63(55-15-3)38-26-37-52(63)62(10,11)12/h44-45H,13-43,49-50H2,1-12H3. The highest BCUT2D eigenvalue weighted by Crippen LogP contribution is 2.52. The summed E-state index contributed by atoms with van der Waals surface area (Å²) in [6.07, 6.45) is 15.9. The van der Waals surface area contributed by atoms with E-state index in [1.54, 1.807) is 0 Å². The average molecular weight is 994 g/mol. The van der Waals surface area contributed by atoms with Crippen molar-refractivity contribution in [2.24, 2.45) is 22.8 Å². The van der Waals surface area contributed by atoms with E-state index >= 15 is 0 Å². The largest absolute Gasteiger partial charge is 0.500 e. The van der Waals surface area contributed by atoms with Gasteiger partial charge in [-0.25, -0.2) is 4.90 Å². The highest BCUT2D eigenvalue weighted by molar-refractivity contribution is 6.89. The second-order valence-corrected chi connectivity index (χ2v) is 34.7. The number of hydrogen-bond donors (Lipinski definition) is 2. The van der Waals surface area contributed by atoms with Crippen LogP contribution in [0.5, 0.6) is 0 Å². The van der Waals surface area contributed by atoms with Crippen LogP contribution in [0.3, 0.4) is 0 Å². The van der Waals surface area contributed by atoms with Crippen LogP contribution in [0.4, 0.5) is 0 Å². The summed E-state index contributed by atoms with van der Waals surface area (Å²) >= 11 is 0. The van der Waals surface area contributed by atoms with Crippen molar-refractivity contribution >= 4 is 34.3 Å². The van der Waals surface area contributed by atoms with Gasteiger partial charge in [0.2, 0.25) is 5.91 Å². The molecule has 3 rings (SSSR count). The van der Waals surface area contributed by atoms with Crippen LogP contribution >= 0.6 is 0 Å². The van der Waals surface area contributed by atoms with E-state index in [0.717, 1.165) is 116 Å². The van der Waals surface area contributed by atoms with Gasteiger partial charge in [0.15, 0.2) is 0 Å². The summed E-state index contributed by atoms with van der Waals surface area (Å²) in [5.74, 6) is -0.250. The third-order valence-electron chi connectivity index (χ3n) is 15.0. The molecule has 17 heteroatoms. The van der Waals surface area contributed by atoms with Crippen molar-refractivity contribution in [1.29, 1.82) is 0 Å². The lowest BCUT2D eigenvalue weighted by Crippen LogP contribution is -2.64.